The van der Waals surface area contributed by atoms with Crippen LogP contribution in [0.3, 0.4) is 0 Å². The van der Waals surface area contributed by atoms with Crippen LogP contribution in [-0.4, -0.2) is 22.0 Å². The molecule has 0 atom stereocenters. The third-order valence-corrected chi connectivity index (χ3v) is 2.23. The molecule has 0 aliphatic heterocycles. The Labute approximate surface area is 97.1 Å². The van der Waals surface area contributed by atoms with Crippen molar-refractivity contribution in [3.63, 3.8) is 0 Å². The minimum atomic E-state index is -0.505. The average Bonchev–Trinajstić information content (AvgIpc) is 2.39. The van der Waals surface area contributed by atoms with Gasteiger partial charge in [-0.2, -0.15) is 0 Å². The van der Waals surface area contributed by atoms with Gasteiger partial charge in [-0.1, -0.05) is 12.1 Å². The lowest BCUT2D eigenvalue weighted by Gasteiger charge is -2.03. The highest BCUT2D eigenvalue weighted by molar-refractivity contribution is 5.69. The number of nitrogens with zero attached hydrogens (tertiary/aromatic N) is 3. The van der Waals surface area contributed by atoms with Gasteiger partial charge in [0, 0.05) is 5.56 Å². The fourth-order valence-electron chi connectivity index (χ4n) is 1.45. The largest absolute Gasteiger partial charge is 0.497 e. The number of aromatic nitrogens is 2. The van der Waals surface area contributed by atoms with Crippen LogP contribution in [0.5, 0.6) is 5.75 Å². The Bertz CT molecular complexity index is 557. The first kappa shape index (κ1) is 11.0. The van der Waals surface area contributed by atoms with E-state index < -0.39 is 4.92 Å². The Balaban J connectivity index is 2.56. The van der Waals surface area contributed by atoms with Crippen molar-refractivity contribution in [2.24, 2.45) is 0 Å². The molecule has 1 heterocycles. The second-order valence-electron chi connectivity index (χ2n) is 3.25. The van der Waals surface area contributed by atoms with Crippen LogP contribution in [0.1, 0.15) is 0 Å². The van der Waals surface area contributed by atoms with Gasteiger partial charge in [-0.25, -0.2) is 9.97 Å². The summed E-state index contributed by atoms with van der Waals surface area (Å²) in [5.41, 5.74) is 0.781. The molecule has 6 nitrogen and oxygen atoms in total. The summed E-state index contributed by atoms with van der Waals surface area (Å²) in [5.74, 6) is 0.621. The molecule has 86 valence electrons. The molecule has 2 rings (SSSR count). The highest BCUT2D eigenvalue weighted by Crippen LogP contribution is 2.28. The molecule has 0 aliphatic rings. The standard InChI is InChI=1S/C11H9N3O3/c1-17-9-4-2-3-8(5-9)11-10(14(15)16)6-12-7-13-11/h2-7H,1H3. The van der Waals surface area contributed by atoms with E-state index in [-0.39, 0.29) is 11.4 Å². The van der Waals surface area contributed by atoms with E-state index in [1.807, 2.05) is 0 Å². The third kappa shape index (κ3) is 2.20. The van der Waals surface area contributed by atoms with E-state index in [9.17, 15) is 10.1 Å². The van der Waals surface area contributed by atoms with Gasteiger partial charge in [-0.3, -0.25) is 10.1 Å². The molecule has 0 radical (unpaired) electrons. The molecule has 1 aromatic carbocycles. The lowest BCUT2D eigenvalue weighted by molar-refractivity contribution is -0.384. The molecule has 0 bridgehead atoms. The number of benzene rings is 1. The first-order valence-electron chi connectivity index (χ1n) is 4.81. The smallest absolute Gasteiger partial charge is 0.313 e. The Morgan fingerprint density at radius 2 is 2.24 bits per heavy atom. The Morgan fingerprint density at radius 3 is 2.94 bits per heavy atom. The van der Waals surface area contributed by atoms with Crippen LogP contribution in [-0.2, 0) is 0 Å². The van der Waals surface area contributed by atoms with Gasteiger partial charge in [-0.15, -0.1) is 0 Å². The van der Waals surface area contributed by atoms with E-state index in [4.69, 9.17) is 4.74 Å². The first-order valence-corrected chi connectivity index (χ1v) is 4.81. The zero-order valence-corrected chi connectivity index (χ0v) is 9.03. The maximum absolute atomic E-state index is 10.8. The van der Waals surface area contributed by atoms with Gasteiger partial charge in [0.15, 0.2) is 5.69 Å². The zero-order chi connectivity index (χ0) is 12.3. The summed E-state index contributed by atoms with van der Waals surface area (Å²) in [6, 6.07) is 6.93. The van der Waals surface area contributed by atoms with Crippen molar-refractivity contribution in [1.82, 2.24) is 9.97 Å². The van der Waals surface area contributed by atoms with Crippen molar-refractivity contribution in [3.05, 3.63) is 46.9 Å². The molecule has 0 unspecified atom stereocenters. The van der Waals surface area contributed by atoms with Crippen molar-refractivity contribution >= 4 is 5.69 Å². The summed E-state index contributed by atoms with van der Waals surface area (Å²) in [6.45, 7) is 0. The summed E-state index contributed by atoms with van der Waals surface area (Å²) >= 11 is 0. The molecular weight excluding hydrogens is 222 g/mol. The average molecular weight is 231 g/mol. The lowest BCUT2D eigenvalue weighted by atomic mass is 10.1. The van der Waals surface area contributed by atoms with Crippen LogP contribution in [0.4, 0.5) is 5.69 Å². The van der Waals surface area contributed by atoms with Crippen molar-refractivity contribution in [1.29, 1.82) is 0 Å². The van der Waals surface area contributed by atoms with Gasteiger partial charge in [0.2, 0.25) is 0 Å². The normalized spacial score (nSPS) is 9.94. The molecule has 0 saturated heterocycles. The van der Waals surface area contributed by atoms with Crippen molar-refractivity contribution in [3.8, 4) is 17.0 Å². The van der Waals surface area contributed by atoms with Crippen LogP contribution in [0.15, 0.2) is 36.8 Å². The summed E-state index contributed by atoms with van der Waals surface area (Å²) in [5, 5.41) is 10.8. The van der Waals surface area contributed by atoms with Crippen LogP contribution in [0, 0.1) is 10.1 Å². The number of rotatable bonds is 3. The van der Waals surface area contributed by atoms with E-state index in [1.54, 1.807) is 24.3 Å². The Morgan fingerprint density at radius 1 is 1.41 bits per heavy atom. The highest BCUT2D eigenvalue weighted by atomic mass is 16.6. The summed E-state index contributed by atoms with van der Waals surface area (Å²) in [7, 11) is 1.54. The van der Waals surface area contributed by atoms with Crippen molar-refractivity contribution < 1.29 is 9.66 Å². The molecule has 17 heavy (non-hydrogen) atoms. The summed E-state index contributed by atoms with van der Waals surface area (Å²) < 4.78 is 5.06. The molecule has 2 aromatic rings. The van der Waals surface area contributed by atoms with Crippen molar-refractivity contribution in [2.45, 2.75) is 0 Å². The molecule has 0 aliphatic carbocycles. The van der Waals surface area contributed by atoms with E-state index in [0.29, 0.717) is 11.3 Å². The number of ether oxygens (including phenoxy) is 1. The van der Waals surface area contributed by atoms with Gasteiger partial charge in [0.25, 0.3) is 0 Å². The SMILES string of the molecule is COc1cccc(-c2ncncc2[N+](=O)[O-])c1. The predicted octanol–water partition coefficient (Wildman–Crippen LogP) is 2.06. The first-order chi connectivity index (χ1) is 8.22. The number of nitro groups is 1. The molecule has 0 fully saturated rings. The molecule has 0 amide bonds. The lowest BCUT2D eigenvalue weighted by Crippen LogP contribution is -1.95. The van der Waals surface area contributed by atoms with Gasteiger partial charge >= 0.3 is 5.69 Å². The van der Waals surface area contributed by atoms with E-state index >= 15 is 0 Å². The van der Waals surface area contributed by atoms with Crippen LogP contribution < -0.4 is 4.74 Å². The quantitative estimate of drug-likeness (QED) is 0.596. The highest BCUT2D eigenvalue weighted by Gasteiger charge is 2.16. The fourth-order valence-corrected chi connectivity index (χ4v) is 1.45. The number of hydrogen-bond acceptors (Lipinski definition) is 5. The Hall–Kier alpha value is -2.50. The molecule has 6 heteroatoms. The van der Waals surface area contributed by atoms with Gasteiger partial charge < -0.3 is 4.74 Å². The minimum Gasteiger partial charge on any atom is -0.497 e. The number of methoxy groups -OCH3 is 1. The van der Waals surface area contributed by atoms with Crippen LogP contribution in [0.2, 0.25) is 0 Å². The fraction of sp³-hybridized carbons (Fsp3) is 0.0909. The molecular formula is C11H9N3O3. The zero-order valence-electron chi connectivity index (χ0n) is 9.03. The molecule has 0 N–H and O–H groups in total. The Kier molecular flexibility index (Phi) is 2.95. The van der Waals surface area contributed by atoms with Gasteiger partial charge in [0.05, 0.1) is 12.0 Å². The third-order valence-electron chi connectivity index (χ3n) is 2.23. The monoisotopic (exact) mass is 231 g/mol. The molecule has 1 aromatic heterocycles. The second-order valence-corrected chi connectivity index (χ2v) is 3.25. The predicted molar refractivity (Wildman–Crippen MR) is 60.7 cm³/mol. The molecule has 0 spiro atoms. The number of hydrogen-bond donors (Lipinski definition) is 0. The van der Waals surface area contributed by atoms with Crippen LogP contribution >= 0.6 is 0 Å². The summed E-state index contributed by atoms with van der Waals surface area (Å²) in [4.78, 5) is 17.9. The van der Waals surface area contributed by atoms with Gasteiger partial charge in [-0.05, 0) is 12.1 Å². The minimum absolute atomic E-state index is 0.124. The van der Waals surface area contributed by atoms with E-state index in [2.05, 4.69) is 9.97 Å². The van der Waals surface area contributed by atoms with E-state index in [0.717, 1.165) is 0 Å². The second kappa shape index (κ2) is 4.56. The molecule has 0 saturated carbocycles. The summed E-state index contributed by atoms with van der Waals surface area (Å²) in [6.07, 6.45) is 2.46. The maximum atomic E-state index is 10.8. The van der Waals surface area contributed by atoms with E-state index in [1.165, 1.54) is 19.6 Å². The van der Waals surface area contributed by atoms with Crippen molar-refractivity contribution in [2.75, 3.05) is 7.11 Å². The topological polar surface area (TPSA) is 78.2 Å². The maximum Gasteiger partial charge on any atom is 0.313 e. The van der Waals surface area contributed by atoms with Gasteiger partial charge in [0.1, 0.15) is 18.3 Å². The van der Waals surface area contributed by atoms with Crippen LogP contribution in [0.25, 0.3) is 11.3 Å².